The number of aliphatic hydroxyl groups excluding tert-OH is 3. The second-order valence-electron chi connectivity index (χ2n) is 10.2. The molecule has 0 amide bonds. The second-order valence-corrected chi connectivity index (χ2v) is 10.2. The van der Waals surface area contributed by atoms with Crippen molar-refractivity contribution in [3.8, 4) is 0 Å². The molecule has 4 saturated carbocycles. The van der Waals surface area contributed by atoms with Crippen molar-refractivity contribution in [3.05, 3.63) is 0 Å². The molecule has 0 aromatic carbocycles. The van der Waals surface area contributed by atoms with E-state index in [1.54, 1.807) is 0 Å². The lowest BCUT2D eigenvalue weighted by Gasteiger charge is -2.60. The maximum atomic E-state index is 13.4. The number of rotatable bonds is 2. The summed E-state index contributed by atoms with van der Waals surface area (Å²) in [6.45, 7) is 3.74. The number of ketones is 1. The topological polar surface area (TPSA) is 98.0 Å². The standard InChI is InChI=1S/C21H34O5/c1-19-7-5-13(23)9-12(19)3-4-14-15-6-8-21(26,17(25)11-22)20(15,2)10-16(24)18(14)19/h12-15,17-18,22-23,25-26H,3-11H2,1-2H3/t12?,13-,14?,15?,17?,18?,19-,20-,21+/m0/s1. The molecule has 0 bridgehead atoms. The lowest BCUT2D eigenvalue weighted by Crippen LogP contribution is -2.63. The van der Waals surface area contributed by atoms with Crippen LogP contribution in [0, 0.1) is 34.5 Å². The molecule has 4 N–H and O–H groups in total. The molecule has 0 aliphatic heterocycles. The van der Waals surface area contributed by atoms with Gasteiger partial charge in [-0.25, -0.2) is 0 Å². The van der Waals surface area contributed by atoms with Gasteiger partial charge in [-0.2, -0.15) is 0 Å². The molecule has 0 radical (unpaired) electrons. The highest BCUT2D eigenvalue weighted by atomic mass is 16.4. The van der Waals surface area contributed by atoms with E-state index in [1.807, 2.05) is 6.92 Å². The first-order chi connectivity index (χ1) is 12.2. The van der Waals surface area contributed by atoms with E-state index < -0.39 is 23.7 Å². The van der Waals surface area contributed by atoms with E-state index in [2.05, 4.69) is 6.92 Å². The average molecular weight is 366 g/mol. The summed E-state index contributed by atoms with van der Waals surface area (Å²) in [5.74, 6) is 1.10. The number of hydrogen-bond acceptors (Lipinski definition) is 5. The Balaban J connectivity index is 1.69. The molecule has 26 heavy (non-hydrogen) atoms. The molecule has 4 aliphatic rings. The molecular weight excluding hydrogens is 332 g/mol. The quantitative estimate of drug-likeness (QED) is 0.596. The summed E-state index contributed by atoms with van der Waals surface area (Å²) in [6.07, 6.45) is 4.61. The molecule has 4 aliphatic carbocycles. The maximum Gasteiger partial charge on any atom is 0.137 e. The summed E-state index contributed by atoms with van der Waals surface area (Å²) in [7, 11) is 0. The molecule has 148 valence electrons. The number of Topliss-reactive ketones (excluding diaryl/α,β-unsaturated/α-hetero) is 1. The third-order valence-corrected chi connectivity index (χ3v) is 9.27. The van der Waals surface area contributed by atoms with E-state index in [4.69, 9.17) is 0 Å². The van der Waals surface area contributed by atoms with E-state index in [9.17, 15) is 25.2 Å². The van der Waals surface area contributed by atoms with Gasteiger partial charge in [-0.1, -0.05) is 13.8 Å². The molecule has 0 heterocycles. The number of hydrogen-bond donors (Lipinski definition) is 4. The Kier molecular flexibility index (Phi) is 4.35. The zero-order valence-electron chi connectivity index (χ0n) is 16.0. The van der Waals surface area contributed by atoms with Gasteiger partial charge < -0.3 is 20.4 Å². The molecule has 0 spiro atoms. The molecule has 5 unspecified atom stereocenters. The van der Waals surface area contributed by atoms with Crippen LogP contribution in [0.5, 0.6) is 0 Å². The first-order valence-corrected chi connectivity index (χ1v) is 10.4. The Morgan fingerprint density at radius 1 is 1.15 bits per heavy atom. The average Bonchev–Trinajstić information content (AvgIpc) is 2.86. The third-order valence-electron chi connectivity index (χ3n) is 9.27. The molecule has 0 aromatic heterocycles. The summed E-state index contributed by atoms with van der Waals surface area (Å²) in [6, 6.07) is 0. The molecular formula is C21H34O5. The third kappa shape index (κ3) is 2.27. The summed E-state index contributed by atoms with van der Waals surface area (Å²) < 4.78 is 0. The number of carbonyl (C=O) groups excluding carboxylic acids is 1. The van der Waals surface area contributed by atoms with Crippen LogP contribution < -0.4 is 0 Å². The van der Waals surface area contributed by atoms with Crippen LogP contribution in [0.15, 0.2) is 0 Å². The smallest absolute Gasteiger partial charge is 0.137 e. The normalized spacial score (nSPS) is 55.0. The van der Waals surface area contributed by atoms with Gasteiger partial charge in [0, 0.05) is 17.8 Å². The fraction of sp³-hybridized carbons (Fsp3) is 0.952. The number of aliphatic hydroxyl groups is 4. The van der Waals surface area contributed by atoms with Crippen molar-refractivity contribution in [2.75, 3.05) is 6.61 Å². The first kappa shape index (κ1) is 18.9. The predicted octanol–water partition coefficient (Wildman–Crippen LogP) is 1.65. The van der Waals surface area contributed by atoms with Crippen LogP contribution in [0.4, 0.5) is 0 Å². The SMILES string of the molecule is C[C@]12CC[C@H](O)CC1CCC1C2C(=O)C[C@@]2(C)C1CC[C@@]2(O)C(O)CO. The van der Waals surface area contributed by atoms with E-state index in [-0.39, 0.29) is 41.5 Å². The fourth-order valence-corrected chi connectivity index (χ4v) is 7.79. The molecule has 4 fully saturated rings. The van der Waals surface area contributed by atoms with Crippen LogP contribution in [0.1, 0.15) is 65.2 Å². The van der Waals surface area contributed by atoms with Crippen LogP contribution in [-0.4, -0.2) is 50.6 Å². The highest BCUT2D eigenvalue weighted by molar-refractivity contribution is 5.84. The van der Waals surface area contributed by atoms with Crippen molar-refractivity contribution in [3.63, 3.8) is 0 Å². The fourth-order valence-electron chi connectivity index (χ4n) is 7.79. The minimum Gasteiger partial charge on any atom is -0.394 e. The lowest BCUT2D eigenvalue weighted by molar-refractivity contribution is -0.196. The summed E-state index contributed by atoms with van der Waals surface area (Å²) in [5, 5.41) is 41.2. The van der Waals surface area contributed by atoms with E-state index >= 15 is 0 Å². The Hall–Kier alpha value is -0.490. The van der Waals surface area contributed by atoms with Crippen molar-refractivity contribution in [1.29, 1.82) is 0 Å². The van der Waals surface area contributed by atoms with Crippen LogP contribution in [0.25, 0.3) is 0 Å². The Morgan fingerprint density at radius 2 is 1.88 bits per heavy atom. The van der Waals surface area contributed by atoms with Gasteiger partial charge in [0.05, 0.1) is 18.3 Å². The zero-order valence-corrected chi connectivity index (χ0v) is 16.0. The minimum absolute atomic E-state index is 0.0143. The molecule has 5 nitrogen and oxygen atoms in total. The molecule has 9 atom stereocenters. The van der Waals surface area contributed by atoms with Gasteiger partial charge >= 0.3 is 0 Å². The number of carbonyl (C=O) groups is 1. The highest BCUT2D eigenvalue weighted by Gasteiger charge is 2.68. The van der Waals surface area contributed by atoms with Gasteiger partial charge in [-0.3, -0.25) is 4.79 Å². The Labute approximate surface area is 155 Å². The van der Waals surface area contributed by atoms with E-state index in [0.29, 0.717) is 12.3 Å². The largest absolute Gasteiger partial charge is 0.394 e. The van der Waals surface area contributed by atoms with E-state index in [1.165, 1.54) is 0 Å². The maximum absolute atomic E-state index is 13.4. The Bertz CT molecular complexity index is 593. The first-order valence-electron chi connectivity index (χ1n) is 10.4. The number of fused-ring (bicyclic) bond motifs is 5. The highest BCUT2D eigenvalue weighted by Crippen LogP contribution is 2.67. The Morgan fingerprint density at radius 3 is 2.58 bits per heavy atom. The van der Waals surface area contributed by atoms with Crippen molar-refractivity contribution in [1.82, 2.24) is 0 Å². The van der Waals surface area contributed by atoms with Gasteiger partial charge in [0.2, 0.25) is 0 Å². The molecule has 5 heteroatoms. The van der Waals surface area contributed by atoms with Gasteiger partial charge in [0.1, 0.15) is 11.9 Å². The van der Waals surface area contributed by atoms with Crippen molar-refractivity contribution < 1.29 is 25.2 Å². The van der Waals surface area contributed by atoms with Crippen LogP contribution in [0.3, 0.4) is 0 Å². The lowest BCUT2D eigenvalue weighted by atomic mass is 9.44. The van der Waals surface area contributed by atoms with Gasteiger partial charge in [-0.05, 0) is 68.1 Å². The van der Waals surface area contributed by atoms with Gasteiger partial charge in [0.15, 0.2) is 0 Å². The van der Waals surface area contributed by atoms with Crippen LogP contribution >= 0.6 is 0 Å². The summed E-state index contributed by atoms with van der Waals surface area (Å²) >= 11 is 0. The summed E-state index contributed by atoms with van der Waals surface area (Å²) in [4.78, 5) is 13.4. The van der Waals surface area contributed by atoms with Crippen LogP contribution in [0.2, 0.25) is 0 Å². The van der Waals surface area contributed by atoms with Crippen LogP contribution in [-0.2, 0) is 4.79 Å². The predicted molar refractivity (Wildman–Crippen MR) is 96.2 cm³/mol. The van der Waals surface area contributed by atoms with Crippen molar-refractivity contribution in [2.24, 2.45) is 34.5 Å². The second kappa shape index (κ2) is 6.00. The van der Waals surface area contributed by atoms with Crippen molar-refractivity contribution in [2.45, 2.75) is 83.0 Å². The monoisotopic (exact) mass is 366 g/mol. The molecule has 0 saturated heterocycles. The summed E-state index contributed by atoms with van der Waals surface area (Å²) in [5.41, 5.74) is -2.09. The van der Waals surface area contributed by atoms with Gasteiger partial charge in [-0.15, -0.1) is 0 Å². The molecule has 0 aromatic rings. The van der Waals surface area contributed by atoms with Crippen molar-refractivity contribution >= 4 is 5.78 Å². The van der Waals surface area contributed by atoms with Gasteiger partial charge in [0.25, 0.3) is 0 Å². The zero-order chi connectivity index (χ0) is 18.9. The van der Waals surface area contributed by atoms with E-state index in [0.717, 1.165) is 38.5 Å². The molecule has 4 rings (SSSR count). The minimum atomic E-state index is -1.38.